The second-order valence-corrected chi connectivity index (χ2v) is 8.18. The Kier molecular flexibility index (Phi) is 3.77. The van der Waals surface area contributed by atoms with Crippen molar-refractivity contribution in [1.82, 2.24) is 9.38 Å². The smallest absolute Gasteiger partial charge is 0.275 e. The zero-order chi connectivity index (χ0) is 18.5. The summed E-state index contributed by atoms with van der Waals surface area (Å²) in [5, 5.41) is 0. The molecule has 132 valence electrons. The van der Waals surface area contributed by atoms with Crippen LogP contribution in [0.25, 0.3) is 33.4 Å². The summed E-state index contributed by atoms with van der Waals surface area (Å²) in [6.45, 7) is 2.04. The molecule has 6 heteroatoms. The Morgan fingerprint density at radius 3 is 2.85 bits per heavy atom. The average Bonchev–Trinajstić information content (AvgIpc) is 3.31. The molecule has 0 saturated carbocycles. The van der Waals surface area contributed by atoms with Crippen LogP contribution >= 0.6 is 27.3 Å². The number of para-hydroxylation sites is 2. The van der Waals surface area contributed by atoms with Gasteiger partial charge in [-0.1, -0.05) is 45.5 Å². The number of fused-ring (bicyclic) bond motifs is 3. The lowest BCUT2D eigenvalue weighted by atomic mass is 10.1. The number of rotatable bonds is 2. The molecule has 5 rings (SSSR count). The van der Waals surface area contributed by atoms with Crippen LogP contribution in [0, 0.1) is 6.92 Å². The maximum absolute atomic E-state index is 12.8. The first-order valence-electron chi connectivity index (χ1n) is 8.38. The Labute approximate surface area is 166 Å². The molecule has 0 aliphatic heterocycles. The number of nitrogens with zero attached hydrogens (tertiary/aromatic N) is 2. The first-order chi connectivity index (χ1) is 13.1. The molecule has 27 heavy (non-hydrogen) atoms. The topological polar surface area (TPSA) is 47.5 Å². The summed E-state index contributed by atoms with van der Waals surface area (Å²) in [4.78, 5) is 18.1. The molecule has 0 aliphatic carbocycles. The average molecular weight is 437 g/mol. The van der Waals surface area contributed by atoms with E-state index < -0.39 is 0 Å². The van der Waals surface area contributed by atoms with Crippen molar-refractivity contribution in [2.24, 2.45) is 0 Å². The third-order valence-corrected chi connectivity index (χ3v) is 6.06. The number of furan rings is 1. The Balaban J connectivity index is 1.62. The lowest BCUT2D eigenvalue weighted by molar-refractivity contribution is 0.571. The summed E-state index contributed by atoms with van der Waals surface area (Å²) < 4.78 is 9.21. The van der Waals surface area contributed by atoms with Gasteiger partial charge in [-0.25, -0.2) is 9.38 Å². The third kappa shape index (κ3) is 2.72. The summed E-state index contributed by atoms with van der Waals surface area (Å²) in [6.07, 6.45) is 1.78. The summed E-state index contributed by atoms with van der Waals surface area (Å²) in [5.74, 6) is 1.40. The van der Waals surface area contributed by atoms with Crippen LogP contribution < -0.4 is 10.1 Å². The molecule has 3 aromatic heterocycles. The number of halogens is 1. The minimum Gasteiger partial charge on any atom is -0.457 e. The van der Waals surface area contributed by atoms with Gasteiger partial charge in [-0.05, 0) is 48.9 Å². The van der Waals surface area contributed by atoms with E-state index >= 15 is 0 Å². The Hall–Kier alpha value is -2.70. The van der Waals surface area contributed by atoms with Crippen molar-refractivity contribution < 1.29 is 4.42 Å². The maximum Gasteiger partial charge on any atom is 0.275 e. The monoisotopic (exact) mass is 436 g/mol. The van der Waals surface area contributed by atoms with Gasteiger partial charge in [-0.3, -0.25) is 4.79 Å². The van der Waals surface area contributed by atoms with Crippen molar-refractivity contribution >= 4 is 49.3 Å². The molecular formula is C21H13BrN2O2S. The predicted molar refractivity (Wildman–Crippen MR) is 112 cm³/mol. The normalized spacial score (nSPS) is 12.4. The number of thiazole rings is 1. The molecular weight excluding hydrogens is 424 g/mol. The van der Waals surface area contributed by atoms with Crippen LogP contribution in [-0.4, -0.2) is 9.38 Å². The van der Waals surface area contributed by atoms with E-state index in [1.165, 1.54) is 16.9 Å². The van der Waals surface area contributed by atoms with E-state index in [0.29, 0.717) is 15.3 Å². The largest absolute Gasteiger partial charge is 0.457 e. The lowest BCUT2D eigenvalue weighted by Crippen LogP contribution is -2.22. The predicted octanol–water partition coefficient (Wildman–Crippen LogP) is 4.79. The van der Waals surface area contributed by atoms with Crippen LogP contribution in [0.15, 0.2) is 68.3 Å². The van der Waals surface area contributed by atoms with Crippen LogP contribution in [0.1, 0.15) is 11.3 Å². The van der Waals surface area contributed by atoms with Crippen LogP contribution in [0.4, 0.5) is 0 Å². The van der Waals surface area contributed by atoms with E-state index in [9.17, 15) is 4.79 Å². The first kappa shape index (κ1) is 16.5. The number of aryl methyl sites for hydroxylation is 1. The van der Waals surface area contributed by atoms with Crippen molar-refractivity contribution in [3.8, 4) is 11.3 Å². The third-order valence-electron chi connectivity index (χ3n) is 4.44. The Bertz CT molecular complexity index is 1430. The van der Waals surface area contributed by atoms with Gasteiger partial charge in [0.15, 0.2) is 4.96 Å². The van der Waals surface area contributed by atoms with Gasteiger partial charge in [0.1, 0.15) is 16.1 Å². The van der Waals surface area contributed by atoms with Gasteiger partial charge in [0.05, 0.1) is 11.0 Å². The second-order valence-electron chi connectivity index (χ2n) is 6.32. The maximum atomic E-state index is 12.8. The van der Waals surface area contributed by atoms with Crippen LogP contribution in [-0.2, 0) is 0 Å². The lowest BCUT2D eigenvalue weighted by Gasteiger charge is -2.01. The SMILES string of the molecule is Cc1ccc(-c2ccc(/C=c3/sc4nc5ccccc5n4c3=O)o2)c(Br)c1. The van der Waals surface area contributed by atoms with Crippen molar-refractivity contribution in [3.63, 3.8) is 0 Å². The molecule has 0 spiro atoms. The summed E-state index contributed by atoms with van der Waals surface area (Å²) in [6, 6.07) is 17.6. The minimum atomic E-state index is -0.0711. The number of hydrogen-bond acceptors (Lipinski definition) is 4. The molecule has 0 fully saturated rings. The van der Waals surface area contributed by atoms with E-state index in [1.807, 2.05) is 55.5 Å². The zero-order valence-electron chi connectivity index (χ0n) is 14.3. The highest BCUT2D eigenvalue weighted by Crippen LogP contribution is 2.30. The minimum absolute atomic E-state index is 0.0711. The van der Waals surface area contributed by atoms with Gasteiger partial charge in [0.2, 0.25) is 0 Å². The number of aromatic nitrogens is 2. The van der Waals surface area contributed by atoms with Gasteiger partial charge in [0.25, 0.3) is 5.56 Å². The molecule has 5 aromatic rings. The van der Waals surface area contributed by atoms with Crippen LogP contribution in [0.5, 0.6) is 0 Å². The molecule has 0 amide bonds. The van der Waals surface area contributed by atoms with Crippen molar-refractivity contribution in [1.29, 1.82) is 0 Å². The Morgan fingerprint density at radius 1 is 1.15 bits per heavy atom. The van der Waals surface area contributed by atoms with Crippen LogP contribution in [0.3, 0.4) is 0 Å². The van der Waals surface area contributed by atoms with E-state index in [0.717, 1.165) is 26.8 Å². The fourth-order valence-electron chi connectivity index (χ4n) is 3.14. The summed E-state index contributed by atoms with van der Waals surface area (Å²) in [5.41, 5.74) is 3.75. The molecule has 3 heterocycles. The van der Waals surface area contributed by atoms with Crippen molar-refractivity contribution in [2.45, 2.75) is 6.92 Å². The molecule has 2 aromatic carbocycles. The molecule has 0 N–H and O–H groups in total. The standard InChI is InChI=1S/C21H13BrN2O2S/c1-12-6-8-14(15(22)10-12)18-9-7-13(26-18)11-19-20(25)24-17-5-3-2-4-16(17)23-21(24)27-19/h2-11H,1H3/b19-11+. The first-order valence-corrected chi connectivity index (χ1v) is 9.99. The highest BCUT2D eigenvalue weighted by atomic mass is 79.9. The van der Waals surface area contributed by atoms with Gasteiger partial charge in [-0.15, -0.1) is 0 Å². The molecule has 0 saturated heterocycles. The van der Waals surface area contributed by atoms with E-state index in [2.05, 4.69) is 27.0 Å². The quantitative estimate of drug-likeness (QED) is 0.399. The fraction of sp³-hybridized carbons (Fsp3) is 0.0476. The Morgan fingerprint density at radius 2 is 2.00 bits per heavy atom. The molecule has 4 nitrogen and oxygen atoms in total. The van der Waals surface area contributed by atoms with Gasteiger partial charge < -0.3 is 4.42 Å². The van der Waals surface area contributed by atoms with E-state index in [-0.39, 0.29) is 5.56 Å². The van der Waals surface area contributed by atoms with Gasteiger partial charge >= 0.3 is 0 Å². The van der Waals surface area contributed by atoms with Gasteiger partial charge in [-0.2, -0.15) is 0 Å². The molecule has 0 bridgehead atoms. The number of benzene rings is 2. The van der Waals surface area contributed by atoms with Crippen LogP contribution in [0.2, 0.25) is 0 Å². The zero-order valence-corrected chi connectivity index (χ0v) is 16.7. The van der Waals surface area contributed by atoms with Crippen molar-refractivity contribution in [2.75, 3.05) is 0 Å². The highest BCUT2D eigenvalue weighted by Gasteiger charge is 2.12. The molecule has 0 radical (unpaired) electrons. The number of hydrogen-bond donors (Lipinski definition) is 0. The fourth-order valence-corrected chi connectivity index (χ4v) is 4.79. The van der Waals surface area contributed by atoms with Crippen molar-refractivity contribution in [3.05, 3.63) is 85.3 Å². The summed E-state index contributed by atoms with van der Waals surface area (Å²) in [7, 11) is 0. The van der Waals surface area contributed by atoms with E-state index in [4.69, 9.17) is 4.42 Å². The number of imidazole rings is 1. The molecule has 0 aliphatic rings. The van der Waals surface area contributed by atoms with E-state index in [1.54, 1.807) is 10.5 Å². The molecule has 0 atom stereocenters. The summed E-state index contributed by atoms with van der Waals surface area (Å²) >= 11 is 4.95. The second kappa shape index (κ2) is 6.18. The molecule has 0 unspecified atom stereocenters. The van der Waals surface area contributed by atoms with Gasteiger partial charge in [0, 0.05) is 16.1 Å². The highest BCUT2D eigenvalue weighted by molar-refractivity contribution is 9.10.